The summed E-state index contributed by atoms with van der Waals surface area (Å²) in [5.74, 6) is 1.08. The first kappa shape index (κ1) is 17.0. The third kappa shape index (κ3) is 4.22. The average molecular weight is 280 g/mol. The van der Waals surface area contributed by atoms with Crippen LogP contribution in [0.1, 0.15) is 58.1 Å². The molecule has 1 aromatic carbocycles. The highest BCUT2D eigenvalue weighted by Gasteiger charge is 2.22. The van der Waals surface area contributed by atoms with Crippen LogP contribution < -0.4 is 4.74 Å². The zero-order chi connectivity index (χ0) is 15.5. The Bertz CT molecular complexity index is 432. The molecule has 0 radical (unpaired) electrons. The van der Waals surface area contributed by atoms with E-state index in [0.29, 0.717) is 6.42 Å². The van der Waals surface area contributed by atoms with Crippen LogP contribution in [0.3, 0.4) is 0 Å². The summed E-state index contributed by atoms with van der Waals surface area (Å²) in [6.07, 6.45) is -0.837. The predicted octanol–water partition coefficient (Wildman–Crippen LogP) is 3.23. The average Bonchev–Trinajstić information content (AvgIpc) is 2.36. The third-order valence-electron chi connectivity index (χ3n) is 3.75. The van der Waals surface area contributed by atoms with E-state index in [1.165, 1.54) is 0 Å². The summed E-state index contributed by atoms with van der Waals surface area (Å²) in [4.78, 5) is 0. The van der Waals surface area contributed by atoms with E-state index in [2.05, 4.69) is 33.8 Å². The molecular weight excluding hydrogens is 252 g/mol. The fourth-order valence-corrected chi connectivity index (χ4v) is 2.31. The first-order chi connectivity index (χ1) is 9.16. The van der Waals surface area contributed by atoms with E-state index in [9.17, 15) is 10.2 Å². The first-order valence-electron chi connectivity index (χ1n) is 7.21. The van der Waals surface area contributed by atoms with Gasteiger partial charge in [-0.25, -0.2) is 0 Å². The summed E-state index contributed by atoms with van der Waals surface area (Å²) in [7, 11) is 1.69. The van der Waals surface area contributed by atoms with Crippen molar-refractivity contribution < 1.29 is 14.9 Å². The fraction of sp³-hybridized carbons (Fsp3) is 0.647. The van der Waals surface area contributed by atoms with E-state index < -0.39 is 12.2 Å². The van der Waals surface area contributed by atoms with Gasteiger partial charge in [-0.05, 0) is 41.9 Å². The monoisotopic (exact) mass is 280 g/mol. The normalized spacial score (nSPS) is 16.6. The van der Waals surface area contributed by atoms with Crippen LogP contribution in [-0.2, 0) is 5.41 Å². The van der Waals surface area contributed by atoms with Gasteiger partial charge in [0.15, 0.2) is 0 Å². The van der Waals surface area contributed by atoms with Gasteiger partial charge in [0.05, 0.1) is 19.3 Å². The standard InChI is InChI=1S/C17H28O3/c1-11(9-15(19)12(2)18)13-7-8-16(20-6)14(10-13)17(3,4)5/h7-8,10-12,15,18-19H,9H2,1-6H3. The van der Waals surface area contributed by atoms with Gasteiger partial charge in [0.2, 0.25) is 0 Å². The van der Waals surface area contributed by atoms with E-state index >= 15 is 0 Å². The molecule has 0 saturated carbocycles. The Morgan fingerprint density at radius 2 is 1.75 bits per heavy atom. The Labute approximate surface area is 122 Å². The minimum Gasteiger partial charge on any atom is -0.496 e. The Morgan fingerprint density at radius 3 is 2.20 bits per heavy atom. The molecule has 0 aromatic heterocycles. The highest BCUT2D eigenvalue weighted by Crippen LogP contribution is 2.34. The van der Waals surface area contributed by atoms with Gasteiger partial charge < -0.3 is 14.9 Å². The summed E-state index contributed by atoms with van der Waals surface area (Å²) < 4.78 is 5.44. The molecule has 0 aliphatic carbocycles. The van der Waals surface area contributed by atoms with Gasteiger partial charge >= 0.3 is 0 Å². The summed E-state index contributed by atoms with van der Waals surface area (Å²) in [6, 6.07) is 6.17. The lowest BCUT2D eigenvalue weighted by molar-refractivity contribution is 0.0227. The molecule has 2 N–H and O–H groups in total. The largest absolute Gasteiger partial charge is 0.496 e. The van der Waals surface area contributed by atoms with E-state index in [1.807, 2.05) is 12.1 Å². The minimum atomic E-state index is -0.696. The number of methoxy groups -OCH3 is 1. The van der Waals surface area contributed by atoms with Crippen molar-refractivity contribution in [1.29, 1.82) is 0 Å². The molecule has 0 fully saturated rings. The lowest BCUT2D eigenvalue weighted by Gasteiger charge is -2.25. The molecule has 0 aliphatic heterocycles. The van der Waals surface area contributed by atoms with Gasteiger partial charge in [-0.15, -0.1) is 0 Å². The molecule has 0 spiro atoms. The van der Waals surface area contributed by atoms with Gasteiger partial charge in [0, 0.05) is 0 Å². The quantitative estimate of drug-likeness (QED) is 0.870. The van der Waals surface area contributed by atoms with E-state index in [4.69, 9.17) is 4.74 Å². The molecule has 114 valence electrons. The zero-order valence-electron chi connectivity index (χ0n) is 13.5. The molecule has 20 heavy (non-hydrogen) atoms. The van der Waals surface area contributed by atoms with E-state index in [-0.39, 0.29) is 11.3 Å². The summed E-state index contributed by atoms with van der Waals surface area (Å²) in [5, 5.41) is 19.2. The minimum absolute atomic E-state index is 0.00393. The van der Waals surface area contributed by atoms with Crippen molar-refractivity contribution in [2.45, 2.75) is 64.6 Å². The van der Waals surface area contributed by atoms with Gasteiger partial charge in [-0.1, -0.05) is 39.8 Å². The highest BCUT2D eigenvalue weighted by molar-refractivity contribution is 5.42. The molecule has 3 atom stereocenters. The number of benzene rings is 1. The van der Waals surface area contributed by atoms with Crippen LogP contribution in [0, 0.1) is 0 Å². The molecule has 1 rings (SSSR count). The maximum atomic E-state index is 9.81. The van der Waals surface area contributed by atoms with Gasteiger partial charge in [-0.2, -0.15) is 0 Å². The van der Waals surface area contributed by atoms with Gasteiger partial charge in [0.25, 0.3) is 0 Å². The molecule has 3 nitrogen and oxygen atoms in total. The van der Waals surface area contributed by atoms with Crippen LogP contribution in [0.15, 0.2) is 18.2 Å². The van der Waals surface area contributed by atoms with Crippen molar-refractivity contribution in [3.8, 4) is 5.75 Å². The number of aliphatic hydroxyl groups is 2. The Kier molecular flexibility index (Phi) is 5.60. The topological polar surface area (TPSA) is 49.7 Å². The molecule has 3 unspecified atom stereocenters. The Morgan fingerprint density at radius 1 is 1.15 bits per heavy atom. The molecule has 0 aliphatic rings. The lowest BCUT2D eigenvalue weighted by Crippen LogP contribution is -2.24. The second kappa shape index (κ2) is 6.59. The smallest absolute Gasteiger partial charge is 0.122 e. The Hall–Kier alpha value is -1.06. The molecule has 0 bridgehead atoms. The van der Waals surface area contributed by atoms with Crippen LogP contribution >= 0.6 is 0 Å². The van der Waals surface area contributed by atoms with Crippen molar-refractivity contribution in [3.05, 3.63) is 29.3 Å². The summed E-state index contributed by atoms with van der Waals surface area (Å²) >= 11 is 0. The summed E-state index contributed by atoms with van der Waals surface area (Å²) in [5.41, 5.74) is 2.33. The van der Waals surface area contributed by atoms with Crippen molar-refractivity contribution in [3.63, 3.8) is 0 Å². The second-order valence-electron chi connectivity index (χ2n) is 6.65. The zero-order valence-corrected chi connectivity index (χ0v) is 13.5. The van der Waals surface area contributed by atoms with Crippen molar-refractivity contribution in [1.82, 2.24) is 0 Å². The highest BCUT2D eigenvalue weighted by atomic mass is 16.5. The number of aliphatic hydroxyl groups excluding tert-OH is 2. The molecule has 0 heterocycles. The van der Waals surface area contributed by atoms with Crippen LogP contribution in [0.4, 0.5) is 0 Å². The summed E-state index contributed by atoms with van der Waals surface area (Å²) in [6.45, 7) is 10.2. The number of hydrogen-bond donors (Lipinski definition) is 2. The molecule has 0 saturated heterocycles. The van der Waals surface area contributed by atoms with Gasteiger partial charge in [-0.3, -0.25) is 0 Å². The number of ether oxygens (including phenoxy) is 1. The number of hydrogen-bond acceptors (Lipinski definition) is 3. The van der Waals surface area contributed by atoms with Crippen LogP contribution in [-0.4, -0.2) is 29.5 Å². The SMILES string of the molecule is COc1ccc(C(C)CC(O)C(C)O)cc1C(C)(C)C. The Balaban J connectivity index is 3.03. The fourth-order valence-electron chi connectivity index (χ4n) is 2.31. The van der Waals surface area contributed by atoms with Crippen LogP contribution in [0.25, 0.3) is 0 Å². The van der Waals surface area contributed by atoms with Gasteiger partial charge in [0.1, 0.15) is 5.75 Å². The van der Waals surface area contributed by atoms with Crippen LogP contribution in [0.5, 0.6) is 5.75 Å². The van der Waals surface area contributed by atoms with Crippen LogP contribution in [0.2, 0.25) is 0 Å². The molecule has 3 heteroatoms. The van der Waals surface area contributed by atoms with E-state index in [1.54, 1.807) is 14.0 Å². The van der Waals surface area contributed by atoms with Crippen molar-refractivity contribution >= 4 is 0 Å². The van der Waals surface area contributed by atoms with Crippen molar-refractivity contribution in [2.24, 2.45) is 0 Å². The molecule has 1 aromatic rings. The van der Waals surface area contributed by atoms with E-state index in [0.717, 1.165) is 16.9 Å². The lowest BCUT2D eigenvalue weighted by atomic mass is 9.83. The first-order valence-corrected chi connectivity index (χ1v) is 7.21. The maximum Gasteiger partial charge on any atom is 0.122 e. The number of rotatable bonds is 5. The third-order valence-corrected chi connectivity index (χ3v) is 3.75. The van der Waals surface area contributed by atoms with Crippen molar-refractivity contribution in [2.75, 3.05) is 7.11 Å². The predicted molar refractivity (Wildman–Crippen MR) is 82.4 cm³/mol. The molecular formula is C17H28O3. The molecule has 0 amide bonds. The second-order valence-corrected chi connectivity index (χ2v) is 6.65. The maximum absolute atomic E-state index is 9.81.